The van der Waals surface area contributed by atoms with Crippen LogP contribution in [0.25, 0.3) is 0 Å². The Morgan fingerprint density at radius 3 is 0.533 bits per heavy atom. The maximum atomic E-state index is 13.9. The van der Waals surface area contributed by atoms with Gasteiger partial charge in [-0.3, -0.25) is 0 Å². The molecule has 0 aliphatic heterocycles. The van der Waals surface area contributed by atoms with Crippen LogP contribution in [-0.2, 0) is 9.53 Å². The van der Waals surface area contributed by atoms with E-state index < -0.39 is 119 Å². The van der Waals surface area contributed by atoms with E-state index in [2.05, 4.69) is 0 Å². The number of alkyl halides is 37. The molecule has 0 bridgehead atoms. The molecule has 0 saturated carbocycles. The average molecular weight is 990 g/mol. The van der Waals surface area contributed by atoms with Gasteiger partial charge in [-0.15, -0.1) is 0 Å². The molecule has 0 unspecified atom stereocenters. The smallest absolute Gasteiger partial charge is 0.393 e. The van der Waals surface area contributed by atoms with E-state index in [0.29, 0.717) is 0 Å². The minimum absolute atomic E-state index is 0.846. The molecule has 358 valence electrons. The van der Waals surface area contributed by atoms with Crippen molar-refractivity contribution in [2.45, 2.75) is 107 Å². The fourth-order valence-corrected chi connectivity index (χ4v) is 3.35. The molecule has 0 aromatic carbocycles. The van der Waals surface area contributed by atoms with E-state index in [4.69, 9.17) is 0 Å². The van der Waals surface area contributed by atoms with E-state index in [1.807, 2.05) is 11.3 Å². The highest BCUT2D eigenvalue weighted by Crippen LogP contribution is 2.70. The predicted molar refractivity (Wildman–Crippen MR) is 106 cm³/mol. The van der Waals surface area contributed by atoms with Crippen LogP contribution in [0.2, 0.25) is 0 Å². The first kappa shape index (κ1) is 56.6. The van der Waals surface area contributed by atoms with Gasteiger partial charge in [-0.2, -0.15) is 162 Å². The van der Waals surface area contributed by atoms with Crippen molar-refractivity contribution < 1.29 is 172 Å². The monoisotopic (exact) mass is 990 g/mol. The lowest BCUT2D eigenvalue weighted by Crippen LogP contribution is -2.80. The van der Waals surface area contributed by atoms with Gasteiger partial charge in [-0.05, 0) is 0 Å². The van der Waals surface area contributed by atoms with E-state index in [1.54, 1.807) is 0 Å². The van der Waals surface area contributed by atoms with Crippen molar-refractivity contribution in [2.24, 2.45) is 0 Å². The van der Waals surface area contributed by atoms with Crippen LogP contribution < -0.4 is 0 Å². The molecule has 0 N–H and O–H groups in total. The average Bonchev–Trinajstić information content (AvgIpc) is 3.02. The number of carbonyl (C=O) groups is 1. The minimum atomic E-state index is -10.5. The van der Waals surface area contributed by atoms with Crippen molar-refractivity contribution in [3.63, 3.8) is 0 Å². The minimum Gasteiger partial charge on any atom is -0.393 e. The summed E-state index contributed by atoms with van der Waals surface area (Å²) in [6.45, 7) is 2.03. The lowest BCUT2D eigenvalue weighted by Gasteiger charge is -2.47. The quantitative estimate of drug-likeness (QED) is 0.0777. The first-order valence-electron chi connectivity index (χ1n) is 12.6. The Morgan fingerprint density at radius 2 is 0.400 bits per heavy atom. The largest absolute Gasteiger partial charge is 0.473 e. The van der Waals surface area contributed by atoms with E-state index in [9.17, 15) is 167 Å². The summed E-state index contributed by atoms with van der Waals surface area (Å²) in [5.74, 6) is -163. The van der Waals surface area contributed by atoms with Crippen LogP contribution in [0.15, 0.2) is 12.7 Å². The van der Waals surface area contributed by atoms with Gasteiger partial charge >= 0.3 is 113 Å². The summed E-state index contributed by atoms with van der Waals surface area (Å²) < 4.78 is 503. The summed E-state index contributed by atoms with van der Waals surface area (Å²) in [6.07, 6.45) is -17.2. The summed E-state index contributed by atoms with van der Waals surface area (Å²) in [4.78, 5) is 10.5. The molecule has 0 spiro atoms. The number of carbonyl (C=O) groups excluding carboxylic acids is 1. The normalized spacial score (nSPS) is 16.9. The van der Waals surface area contributed by atoms with Gasteiger partial charge in [0, 0.05) is 6.08 Å². The maximum absolute atomic E-state index is 13.9. The first-order valence-corrected chi connectivity index (χ1v) is 12.6. The standard InChI is InChI=1S/C21H3F37O2/c1-2-3(59)60-21(57,58)19(52,53)17(48,49)15(44,45)13(40,41)11(36,37)9(32,33)7(28,29)5(24,25)4(22,23)6(26,27)8(30,31)10(34,35)12(38,39)14(42,43)16(46,47)18(50,51)20(54,55)56/h2H,1H2. The Balaban J connectivity index is 7.87. The number of hydrogen-bond donors (Lipinski definition) is 0. The van der Waals surface area contributed by atoms with E-state index in [1.165, 1.54) is 0 Å². The lowest BCUT2D eigenvalue weighted by atomic mass is 9.82. The zero-order valence-corrected chi connectivity index (χ0v) is 25.6. The second kappa shape index (κ2) is 13.8. The molecule has 0 aromatic heterocycles. The molecule has 0 fully saturated rings. The molecule has 0 aromatic rings. The number of esters is 1. The van der Waals surface area contributed by atoms with Crippen molar-refractivity contribution in [1.82, 2.24) is 0 Å². The zero-order chi connectivity index (χ0) is 50.0. The van der Waals surface area contributed by atoms with Gasteiger partial charge in [0.1, 0.15) is 0 Å². The van der Waals surface area contributed by atoms with Crippen molar-refractivity contribution in [3.8, 4) is 0 Å². The van der Waals surface area contributed by atoms with Gasteiger partial charge in [0.15, 0.2) is 0 Å². The summed E-state index contributed by atoms with van der Waals surface area (Å²) in [6, 6.07) is 0. The van der Waals surface area contributed by atoms with Crippen LogP contribution in [0.3, 0.4) is 0 Å². The van der Waals surface area contributed by atoms with Crippen molar-refractivity contribution in [2.75, 3.05) is 0 Å². The van der Waals surface area contributed by atoms with Crippen LogP contribution >= 0.6 is 0 Å². The Hall–Kier alpha value is -3.38. The van der Waals surface area contributed by atoms with Crippen LogP contribution in [0.1, 0.15) is 0 Å². The molecule has 2 nitrogen and oxygen atoms in total. The van der Waals surface area contributed by atoms with Crippen molar-refractivity contribution >= 4 is 5.97 Å². The summed E-state index contributed by atoms with van der Waals surface area (Å²) >= 11 is 0. The van der Waals surface area contributed by atoms with Gasteiger partial charge in [-0.1, -0.05) is 6.58 Å². The van der Waals surface area contributed by atoms with Crippen LogP contribution in [-0.4, -0.2) is 113 Å². The predicted octanol–water partition coefficient (Wildman–Crippen LogP) is 12.0. The molecule has 60 heavy (non-hydrogen) atoms. The third-order valence-corrected chi connectivity index (χ3v) is 7.03. The first-order chi connectivity index (χ1) is 25.2. The van der Waals surface area contributed by atoms with E-state index in [0.717, 1.165) is 0 Å². The Morgan fingerprint density at radius 1 is 0.267 bits per heavy atom. The summed E-state index contributed by atoms with van der Waals surface area (Å²) in [5, 5.41) is 0. The van der Waals surface area contributed by atoms with Gasteiger partial charge in [0.25, 0.3) is 0 Å². The second-order valence-electron chi connectivity index (χ2n) is 10.8. The fourth-order valence-electron chi connectivity index (χ4n) is 3.35. The second-order valence-corrected chi connectivity index (χ2v) is 10.8. The summed E-state index contributed by atoms with van der Waals surface area (Å²) in [7, 11) is 0. The molecule has 0 aliphatic carbocycles. The molecule has 39 heteroatoms. The van der Waals surface area contributed by atoms with Gasteiger partial charge < -0.3 is 4.74 Å². The number of hydrogen-bond acceptors (Lipinski definition) is 2. The maximum Gasteiger partial charge on any atom is 0.473 e. The molecule has 0 rings (SSSR count). The lowest BCUT2D eigenvalue weighted by molar-refractivity contribution is -0.495. The highest BCUT2D eigenvalue weighted by atomic mass is 19.4. The van der Waals surface area contributed by atoms with Gasteiger partial charge in [0.05, 0.1) is 0 Å². The van der Waals surface area contributed by atoms with Crippen LogP contribution in [0.4, 0.5) is 162 Å². The highest BCUT2D eigenvalue weighted by molar-refractivity contribution is 5.81. The molecule has 0 amide bonds. The van der Waals surface area contributed by atoms with Crippen molar-refractivity contribution in [1.29, 1.82) is 0 Å². The SMILES string of the molecule is C=CC(=O)OC(F)(F)C(F)(F)C(F)(F)C(F)(F)C(F)(F)C(F)(F)C(F)(F)C(F)(F)C(F)(F)C(F)(F)C(F)(F)C(F)(F)C(F)(F)C(F)(F)C(F)(F)C(F)(F)C(F)(F)C(F)(F)F. The number of rotatable bonds is 18. The van der Waals surface area contributed by atoms with Gasteiger partial charge in [0.2, 0.25) is 0 Å². The third-order valence-electron chi connectivity index (χ3n) is 7.03. The number of ether oxygens (including phenoxy) is 1. The zero-order valence-electron chi connectivity index (χ0n) is 25.6. The van der Waals surface area contributed by atoms with E-state index >= 15 is 0 Å². The highest BCUT2D eigenvalue weighted by Gasteiger charge is 3.02. The Kier molecular flexibility index (Phi) is 13.0. The Bertz CT molecular complexity index is 1610. The molecule has 0 aliphatic rings. The topological polar surface area (TPSA) is 26.3 Å². The molecule has 0 heterocycles. The Labute approximate surface area is 299 Å². The molecule has 0 atom stereocenters. The summed E-state index contributed by atoms with van der Waals surface area (Å²) in [5.41, 5.74) is 0. The van der Waals surface area contributed by atoms with Gasteiger partial charge in [-0.25, -0.2) is 4.79 Å². The fraction of sp³-hybridized carbons (Fsp3) is 0.857. The molecule has 0 saturated heterocycles. The van der Waals surface area contributed by atoms with Crippen LogP contribution in [0, 0.1) is 0 Å². The molecular formula is C21H3F37O2. The molecule has 0 radical (unpaired) electrons. The van der Waals surface area contributed by atoms with Crippen molar-refractivity contribution in [3.05, 3.63) is 12.7 Å². The molecular weight excluding hydrogens is 987 g/mol. The van der Waals surface area contributed by atoms with E-state index in [-0.39, 0.29) is 0 Å². The third kappa shape index (κ3) is 6.40. The van der Waals surface area contributed by atoms with Crippen LogP contribution in [0.5, 0.6) is 0 Å². The number of halogens is 37.